The Bertz CT molecular complexity index is 607. The summed E-state index contributed by atoms with van der Waals surface area (Å²) in [5.41, 5.74) is 1.05. The number of rotatable bonds is 4. The van der Waals surface area contributed by atoms with Crippen LogP contribution in [0.15, 0.2) is 24.3 Å². The summed E-state index contributed by atoms with van der Waals surface area (Å²) in [6.07, 6.45) is 1.59. The van der Waals surface area contributed by atoms with Crippen molar-refractivity contribution in [1.82, 2.24) is 15.1 Å². The molecule has 2 aliphatic rings. The molecule has 0 aliphatic carbocycles. The lowest BCUT2D eigenvalue weighted by Gasteiger charge is -2.45. The molecule has 2 fully saturated rings. The minimum atomic E-state index is -0.383. The molecule has 0 radical (unpaired) electrons. The highest BCUT2D eigenvalue weighted by Crippen LogP contribution is 2.22. The van der Waals surface area contributed by atoms with Crippen molar-refractivity contribution in [2.45, 2.75) is 38.4 Å². The van der Waals surface area contributed by atoms with Crippen LogP contribution in [0.25, 0.3) is 0 Å². The third-order valence-electron chi connectivity index (χ3n) is 4.59. The Labute approximate surface area is 141 Å². The monoisotopic (exact) mass is 335 g/mol. The molecule has 6 heteroatoms. The molecule has 124 valence electrons. The van der Waals surface area contributed by atoms with E-state index in [1.54, 1.807) is 4.90 Å². The number of fused-ring (bicyclic) bond motifs is 1. The van der Waals surface area contributed by atoms with E-state index in [0.29, 0.717) is 26.1 Å². The standard InChI is InChI=1S/C17H22ClN3O2/c1-2-5-14-17(23)21-9-8-20(11-15(21)16(22)19-14)10-12-6-3-4-7-13(12)18/h3-4,6-7,14-15H,2,5,8-11H2,1H3,(H,19,22)/t14-,15+/m0/s1. The molecule has 1 N–H and O–H groups in total. The number of benzene rings is 1. The van der Waals surface area contributed by atoms with Crippen molar-refractivity contribution in [3.8, 4) is 0 Å². The molecule has 5 nitrogen and oxygen atoms in total. The van der Waals surface area contributed by atoms with Gasteiger partial charge in [-0.1, -0.05) is 43.1 Å². The van der Waals surface area contributed by atoms with Crippen molar-refractivity contribution >= 4 is 23.4 Å². The maximum absolute atomic E-state index is 12.5. The summed E-state index contributed by atoms with van der Waals surface area (Å²) in [5, 5.41) is 3.62. The zero-order valence-corrected chi connectivity index (χ0v) is 14.1. The Hall–Kier alpha value is -1.59. The van der Waals surface area contributed by atoms with Gasteiger partial charge in [-0.25, -0.2) is 0 Å². The second-order valence-corrected chi connectivity index (χ2v) is 6.63. The number of carbonyl (C=O) groups excluding carboxylic acids is 2. The maximum Gasteiger partial charge on any atom is 0.245 e. The van der Waals surface area contributed by atoms with Crippen LogP contribution < -0.4 is 5.32 Å². The molecule has 0 spiro atoms. The summed E-state index contributed by atoms with van der Waals surface area (Å²) in [6, 6.07) is 7.01. The van der Waals surface area contributed by atoms with E-state index < -0.39 is 0 Å². The smallest absolute Gasteiger partial charge is 0.245 e. The van der Waals surface area contributed by atoms with Gasteiger partial charge in [0.25, 0.3) is 0 Å². The summed E-state index contributed by atoms with van der Waals surface area (Å²) >= 11 is 6.22. The predicted octanol–water partition coefficient (Wildman–Crippen LogP) is 1.65. The Morgan fingerprint density at radius 1 is 1.26 bits per heavy atom. The van der Waals surface area contributed by atoms with Crippen LogP contribution in [0.2, 0.25) is 5.02 Å². The number of hydrogen-bond acceptors (Lipinski definition) is 3. The van der Waals surface area contributed by atoms with E-state index >= 15 is 0 Å². The van der Waals surface area contributed by atoms with E-state index in [1.165, 1.54) is 0 Å². The topological polar surface area (TPSA) is 52.7 Å². The molecule has 1 aromatic carbocycles. The highest BCUT2D eigenvalue weighted by Gasteiger charge is 2.42. The first-order valence-electron chi connectivity index (χ1n) is 8.16. The molecule has 2 heterocycles. The number of piperazine rings is 2. The summed E-state index contributed by atoms with van der Waals surface area (Å²) in [5.74, 6) is 0.0285. The van der Waals surface area contributed by atoms with Gasteiger partial charge in [-0.05, 0) is 18.1 Å². The van der Waals surface area contributed by atoms with Crippen LogP contribution in [0.4, 0.5) is 0 Å². The van der Waals surface area contributed by atoms with Crippen molar-refractivity contribution in [3.63, 3.8) is 0 Å². The minimum Gasteiger partial charge on any atom is -0.342 e. The zero-order valence-electron chi connectivity index (χ0n) is 13.3. The number of hydrogen-bond donors (Lipinski definition) is 1. The first-order valence-corrected chi connectivity index (χ1v) is 8.54. The molecule has 0 unspecified atom stereocenters. The van der Waals surface area contributed by atoms with E-state index in [0.717, 1.165) is 23.6 Å². The largest absolute Gasteiger partial charge is 0.342 e. The summed E-state index contributed by atoms with van der Waals surface area (Å²) in [6.45, 7) is 4.64. The molecule has 3 rings (SSSR count). The average molecular weight is 336 g/mol. The first kappa shape index (κ1) is 16.3. The Kier molecular flexibility index (Phi) is 4.87. The molecule has 2 amide bonds. The molecule has 2 atom stereocenters. The fourth-order valence-electron chi connectivity index (χ4n) is 3.35. The molecule has 23 heavy (non-hydrogen) atoms. The van der Waals surface area contributed by atoms with Crippen molar-refractivity contribution in [2.24, 2.45) is 0 Å². The third kappa shape index (κ3) is 3.35. The second kappa shape index (κ2) is 6.89. The molecule has 1 aromatic rings. The van der Waals surface area contributed by atoms with Crippen molar-refractivity contribution < 1.29 is 9.59 Å². The van der Waals surface area contributed by atoms with Crippen LogP contribution >= 0.6 is 11.6 Å². The van der Waals surface area contributed by atoms with Gasteiger partial charge in [-0.2, -0.15) is 0 Å². The van der Waals surface area contributed by atoms with E-state index in [2.05, 4.69) is 10.2 Å². The van der Waals surface area contributed by atoms with Crippen LogP contribution in [0.5, 0.6) is 0 Å². The van der Waals surface area contributed by atoms with Crippen molar-refractivity contribution in [2.75, 3.05) is 19.6 Å². The zero-order chi connectivity index (χ0) is 16.4. The van der Waals surface area contributed by atoms with Crippen LogP contribution in [0.1, 0.15) is 25.3 Å². The van der Waals surface area contributed by atoms with Crippen LogP contribution in [0, 0.1) is 0 Å². The average Bonchev–Trinajstić information content (AvgIpc) is 2.55. The lowest BCUT2D eigenvalue weighted by atomic mass is 10.0. The highest BCUT2D eigenvalue weighted by atomic mass is 35.5. The van der Waals surface area contributed by atoms with Gasteiger partial charge in [-0.15, -0.1) is 0 Å². The van der Waals surface area contributed by atoms with Crippen LogP contribution in [0.3, 0.4) is 0 Å². The second-order valence-electron chi connectivity index (χ2n) is 6.22. The fourth-order valence-corrected chi connectivity index (χ4v) is 3.55. The maximum atomic E-state index is 12.5. The Morgan fingerprint density at radius 2 is 2.04 bits per heavy atom. The highest BCUT2D eigenvalue weighted by molar-refractivity contribution is 6.31. The van der Waals surface area contributed by atoms with Crippen LogP contribution in [-0.2, 0) is 16.1 Å². The van der Waals surface area contributed by atoms with Gasteiger partial charge in [0.1, 0.15) is 12.1 Å². The molecular weight excluding hydrogens is 314 g/mol. The number of nitrogens with zero attached hydrogens (tertiary/aromatic N) is 2. The van der Waals surface area contributed by atoms with E-state index in [-0.39, 0.29) is 23.9 Å². The van der Waals surface area contributed by atoms with Gasteiger partial charge in [0.15, 0.2) is 0 Å². The van der Waals surface area contributed by atoms with Gasteiger partial charge in [0.2, 0.25) is 11.8 Å². The molecular formula is C17H22ClN3O2. The predicted molar refractivity (Wildman–Crippen MR) is 89.1 cm³/mol. The lowest BCUT2D eigenvalue weighted by Crippen LogP contribution is -2.69. The van der Waals surface area contributed by atoms with Gasteiger partial charge in [0, 0.05) is 31.2 Å². The summed E-state index contributed by atoms with van der Waals surface area (Å²) in [7, 11) is 0. The van der Waals surface area contributed by atoms with E-state index in [9.17, 15) is 9.59 Å². The van der Waals surface area contributed by atoms with Gasteiger partial charge >= 0.3 is 0 Å². The Morgan fingerprint density at radius 3 is 2.78 bits per heavy atom. The van der Waals surface area contributed by atoms with E-state index in [1.807, 2.05) is 31.2 Å². The number of amides is 2. The van der Waals surface area contributed by atoms with E-state index in [4.69, 9.17) is 11.6 Å². The molecule has 0 saturated carbocycles. The SMILES string of the molecule is CCC[C@@H]1NC(=O)[C@H]2CN(Cc3ccccc3Cl)CCN2C1=O. The Balaban J connectivity index is 1.68. The number of carbonyl (C=O) groups is 2. The molecule has 2 saturated heterocycles. The first-order chi connectivity index (χ1) is 11.1. The summed E-state index contributed by atoms with van der Waals surface area (Å²) in [4.78, 5) is 28.8. The number of halogens is 1. The van der Waals surface area contributed by atoms with Crippen LogP contribution in [-0.4, -0.2) is 53.3 Å². The van der Waals surface area contributed by atoms with Gasteiger partial charge in [0.05, 0.1) is 0 Å². The molecule has 0 bridgehead atoms. The van der Waals surface area contributed by atoms with Crippen molar-refractivity contribution in [1.29, 1.82) is 0 Å². The molecule has 0 aromatic heterocycles. The minimum absolute atomic E-state index is 0.0353. The lowest BCUT2D eigenvalue weighted by molar-refractivity contribution is -0.153. The third-order valence-corrected chi connectivity index (χ3v) is 4.96. The van der Waals surface area contributed by atoms with Gasteiger partial charge in [-0.3, -0.25) is 14.5 Å². The summed E-state index contributed by atoms with van der Waals surface area (Å²) < 4.78 is 0. The van der Waals surface area contributed by atoms with Crippen molar-refractivity contribution in [3.05, 3.63) is 34.9 Å². The fraction of sp³-hybridized carbons (Fsp3) is 0.529. The number of nitrogens with one attached hydrogen (secondary N) is 1. The van der Waals surface area contributed by atoms with Gasteiger partial charge < -0.3 is 10.2 Å². The molecule has 2 aliphatic heterocycles. The quantitative estimate of drug-likeness (QED) is 0.910. The normalized spacial score (nSPS) is 25.2.